The Labute approximate surface area is 113 Å². The summed E-state index contributed by atoms with van der Waals surface area (Å²) in [6, 6.07) is 3.97. The van der Waals surface area contributed by atoms with Gasteiger partial charge in [-0.25, -0.2) is 0 Å². The van der Waals surface area contributed by atoms with Crippen molar-refractivity contribution < 1.29 is 0 Å². The fourth-order valence-electron chi connectivity index (χ4n) is 2.65. The third-order valence-corrected chi connectivity index (χ3v) is 4.66. The first kappa shape index (κ1) is 12.6. The summed E-state index contributed by atoms with van der Waals surface area (Å²) in [4.78, 5) is 0. The van der Waals surface area contributed by atoms with E-state index in [0.29, 0.717) is 0 Å². The first-order valence-corrected chi connectivity index (χ1v) is 6.75. The quantitative estimate of drug-likeness (QED) is 0.690. The van der Waals surface area contributed by atoms with E-state index in [4.69, 9.17) is 0 Å². The molecule has 0 saturated heterocycles. The van der Waals surface area contributed by atoms with Crippen LogP contribution in [0.1, 0.15) is 38.8 Å². The van der Waals surface area contributed by atoms with Crippen molar-refractivity contribution in [2.75, 3.05) is 0 Å². The zero-order chi connectivity index (χ0) is 12.3. The SMILES string of the molecule is CC1(C)c2c(Br)ccc(Br)c2C(C)(C)N1[O-]. The maximum Gasteiger partial charge on any atom is 0.0310 e. The molecule has 1 aromatic carbocycles. The molecule has 0 fully saturated rings. The van der Waals surface area contributed by atoms with Gasteiger partial charge in [0.2, 0.25) is 0 Å². The number of halogens is 2. The molecule has 0 bridgehead atoms. The lowest BCUT2D eigenvalue weighted by atomic mass is 9.91. The van der Waals surface area contributed by atoms with Gasteiger partial charge in [0.15, 0.2) is 0 Å². The van der Waals surface area contributed by atoms with Crippen LogP contribution in [0, 0.1) is 5.21 Å². The largest absolute Gasteiger partial charge is 0.784 e. The molecule has 2 rings (SSSR count). The normalized spacial score (nSPS) is 22.2. The molecule has 0 radical (unpaired) electrons. The van der Waals surface area contributed by atoms with E-state index >= 15 is 0 Å². The van der Waals surface area contributed by atoms with Gasteiger partial charge in [-0.05, 0) is 51.0 Å². The summed E-state index contributed by atoms with van der Waals surface area (Å²) in [5.74, 6) is 0. The molecule has 0 amide bonds. The highest BCUT2D eigenvalue weighted by molar-refractivity contribution is 9.11. The molecule has 0 aromatic heterocycles. The summed E-state index contributed by atoms with van der Waals surface area (Å²) < 4.78 is 2.00. The molecule has 0 saturated carbocycles. The minimum absolute atomic E-state index is 0.499. The minimum Gasteiger partial charge on any atom is -0.784 e. The van der Waals surface area contributed by atoms with Crippen LogP contribution < -0.4 is 0 Å². The van der Waals surface area contributed by atoms with Crippen LogP contribution in [-0.4, -0.2) is 5.06 Å². The van der Waals surface area contributed by atoms with Gasteiger partial charge in [-0.3, -0.25) is 0 Å². The lowest BCUT2D eigenvalue weighted by Gasteiger charge is -2.47. The molecule has 0 aliphatic carbocycles. The molecule has 1 heterocycles. The summed E-state index contributed by atoms with van der Waals surface area (Å²) in [6.07, 6.45) is 0. The van der Waals surface area contributed by atoms with Gasteiger partial charge in [0.05, 0.1) is 0 Å². The number of fused-ring (bicyclic) bond motifs is 1. The van der Waals surface area contributed by atoms with Gasteiger partial charge in [-0.2, -0.15) is 0 Å². The summed E-state index contributed by atoms with van der Waals surface area (Å²) in [7, 11) is 0. The second-order valence-corrected chi connectivity index (χ2v) is 6.90. The zero-order valence-electron chi connectivity index (χ0n) is 9.77. The van der Waals surface area contributed by atoms with Gasteiger partial charge >= 0.3 is 0 Å². The van der Waals surface area contributed by atoms with E-state index in [2.05, 4.69) is 31.9 Å². The summed E-state index contributed by atoms with van der Waals surface area (Å²) in [5.41, 5.74) is 1.17. The van der Waals surface area contributed by atoms with Gasteiger partial charge in [0.1, 0.15) is 0 Å². The van der Waals surface area contributed by atoms with Crippen molar-refractivity contribution >= 4 is 31.9 Å². The molecule has 0 spiro atoms. The Morgan fingerprint density at radius 3 is 1.56 bits per heavy atom. The minimum atomic E-state index is -0.499. The van der Waals surface area contributed by atoms with Crippen LogP contribution in [0.25, 0.3) is 0 Å². The van der Waals surface area contributed by atoms with E-state index in [9.17, 15) is 5.21 Å². The van der Waals surface area contributed by atoms with E-state index in [1.807, 2.05) is 39.8 Å². The smallest absolute Gasteiger partial charge is 0.0310 e. The van der Waals surface area contributed by atoms with Gasteiger partial charge in [-0.1, -0.05) is 31.9 Å². The Balaban J connectivity index is 2.85. The van der Waals surface area contributed by atoms with Crippen molar-refractivity contribution in [3.05, 3.63) is 37.4 Å². The van der Waals surface area contributed by atoms with Crippen LogP contribution in [0.2, 0.25) is 0 Å². The highest BCUT2D eigenvalue weighted by Gasteiger charge is 2.45. The Morgan fingerprint density at radius 2 is 1.25 bits per heavy atom. The van der Waals surface area contributed by atoms with Crippen LogP contribution in [0.5, 0.6) is 0 Å². The second kappa shape index (κ2) is 3.55. The van der Waals surface area contributed by atoms with Gasteiger partial charge in [0.25, 0.3) is 0 Å². The number of hydroxylamine groups is 2. The van der Waals surface area contributed by atoms with E-state index in [0.717, 1.165) is 20.1 Å². The Kier molecular flexibility index (Phi) is 2.78. The van der Waals surface area contributed by atoms with Crippen LogP contribution >= 0.6 is 31.9 Å². The molecule has 1 aliphatic heterocycles. The van der Waals surface area contributed by atoms with E-state index in [1.165, 1.54) is 5.06 Å². The van der Waals surface area contributed by atoms with Crippen molar-refractivity contribution in [3.8, 4) is 0 Å². The molecule has 4 heteroatoms. The first-order chi connectivity index (χ1) is 7.20. The standard InChI is InChI=1S/C12H14Br2NO/c1-11(2)9-7(13)5-6-8(14)10(9)12(3,4)15(11)16/h5-6H,1-4H3/q-1. The molecule has 1 aromatic rings. The third-order valence-electron chi connectivity index (χ3n) is 3.34. The second-order valence-electron chi connectivity index (χ2n) is 5.19. The lowest BCUT2D eigenvalue weighted by Crippen LogP contribution is -2.40. The maximum atomic E-state index is 12.4. The first-order valence-electron chi connectivity index (χ1n) is 5.17. The third kappa shape index (κ3) is 1.43. The Hall–Kier alpha value is 0.1000. The Bertz CT molecular complexity index is 414. The van der Waals surface area contributed by atoms with Gasteiger partial charge < -0.3 is 10.3 Å². The molecule has 0 atom stereocenters. The van der Waals surface area contributed by atoms with Crippen molar-refractivity contribution in [2.24, 2.45) is 0 Å². The molecule has 0 unspecified atom stereocenters. The van der Waals surface area contributed by atoms with Crippen LogP contribution in [0.4, 0.5) is 0 Å². The van der Waals surface area contributed by atoms with E-state index in [1.54, 1.807) is 0 Å². The zero-order valence-corrected chi connectivity index (χ0v) is 12.9. The van der Waals surface area contributed by atoms with Crippen LogP contribution in [-0.2, 0) is 11.1 Å². The van der Waals surface area contributed by atoms with Crippen LogP contribution in [0.15, 0.2) is 21.1 Å². The topological polar surface area (TPSA) is 26.3 Å². The van der Waals surface area contributed by atoms with E-state index < -0.39 is 11.1 Å². The molecule has 0 N–H and O–H groups in total. The summed E-state index contributed by atoms with van der Waals surface area (Å²) >= 11 is 7.10. The molecule has 88 valence electrons. The highest BCUT2D eigenvalue weighted by atomic mass is 79.9. The van der Waals surface area contributed by atoms with Gasteiger partial charge in [0, 0.05) is 20.0 Å². The highest BCUT2D eigenvalue weighted by Crippen LogP contribution is 2.53. The number of hydrogen-bond acceptors (Lipinski definition) is 2. The molecule has 16 heavy (non-hydrogen) atoms. The van der Waals surface area contributed by atoms with E-state index in [-0.39, 0.29) is 0 Å². The molecular formula is C12H14Br2NO-. The number of rotatable bonds is 0. The Morgan fingerprint density at radius 1 is 0.938 bits per heavy atom. The van der Waals surface area contributed by atoms with Crippen molar-refractivity contribution in [2.45, 2.75) is 38.8 Å². The molecule has 2 nitrogen and oxygen atoms in total. The predicted molar refractivity (Wildman–Crippen MR) is 73.1 cm³/mol. The molecular weight excluding hydrogens is 334 g/mol. The monoisotopic (exact) mass is 346 g/mol. The van der Waals surface area contributed by atoms with Gasteiger partial charge in [-0.15, -0.1) is 0 Å². The summed E-state index contributed by atoms with van der Waals surface area (Å²) in [6.45, 7) is 7.85. The van der Waals surface area contributed by atoms with Crippen molar-refractivity contribution in [1.29, 1.82) is 0 Å². The summed E-state index contributed by atoms with van der Waals surface area (Å²) in [5, 5.41) is 13.6. The number of benzene rings is 1. The average Bonchev–Trinajstić information content (AvgIpc) is 2.32. The molecule has 1 aliphatic rings. The maximum absolute atomic E-state index is 12.4. The number of nitrogens with zero attached hydrogens (tertiary/aromatic N) is 1. The average molecular weight is 348 g/mol. The fraction of sp³-hybridized carbons (Fsp3) is 0.500. The van der Waals surface area contributed by atoms with Crippen LogP contribution in [0.3, 0.4) is 0 Å². The van der Waals surface area contributed by atoms with Crippen molar-refractivity contribution in [1.82, 2.24) is 5.06 Å². The fourth-order valence-corrected chi connectivity index (χ4v) is 4.28. The van der Waals surface area contributed by atoms with Crippen molar-refractivity contribution in [3.63, 3.8) is 0 Å². The number of hydrogen-bond donors (Lipinski definition) is 0. The predicted octanol–water partition coefficient (Wildman–Crippen LogP) is 4.50. The lowest BCUT2D eigenvalue weighted by molar-refractivity contribution is 0.100.